The Morgan fingerprint density at radius 1 is 1.40 bits per heavy atom. The quantitative estimate of drug-likeness (QED) is 0.794. The molecule has 0 aliphatic carbocycles. The van der Waals surface area contributed by atoms with Gasteiger partial charge in [-0.3, -0.25) is 0 Å². The summed E-state index contributed by atoms with van der Waals surface area (Å²) in [7, 11) is 0. The van der Waals surface area contributed by atoms with Crippen molar-refractivity contribution in [3.8, 4) is 0 Å². The number of nitrogens with two attached hydrogens (primary N) is 1. The number of rotatable bonds is 5. The van der Waals surface area contributed by atoms with Crippen LogP contribution in [0.2, 0.25) is 0 Å². The molecule has 0 unspecified atom stereocenters. The van der Waals surface area contributed by atoms with Gasteiger partial charge in [0.2, 0.25) is 0 Å². The first-order valence-corrected chi connectivity index (χ1v) is 6.41. The predicted octanol–water partition coefficient (Wildman–Crippen LogP) is 2.70. The molecule has 0 fully saturated rings. The number of ether oxygens (including phenoxy) is 1. The fourth-order valence-corrected chi connectivity index (χ4v) is 2.06. The van der Waals surface area contributed by atoms with Crippen LogP contribution >= 0.6 is 15.9 Å². The van der Waals surface area contributed by atoms with E-state index < -0.39 is 36.9 Å². The maximum absolute atomic E-state index is 13.8. The van der Waals surface area contributed by atoms with E-state index in [-0.39, 0.29) is 5.56 Å². The van der Waals surface area contributed by atoms with Crippen molar-refractivity contribution in [2.45, 2.75) is 24.7 Å². The molecular formula is C12H14BrF4NO2. The van der Waals surface area contributed by atoms with Crippen LogP contribution < -0.4 is 5.73 Å². The van der Waals surface area contributed by atoms with Crippen molar-refractivity contribution in [3.05, 3.63) is 34.1 Å². The highest BCUT2D eigenvalue weighted by Gasteiger charge is 2.38. The molecule has 0 radical (unpaired) electrons. The third-order valence-electron chi connectivity index (χ3n) is 2.79. The normalized spacial score (nSPS) is 16.8. The predicted molar refractivity (Wildman–Crippen MR) is 68.5 cm³/mol. The summed E-state index contributed by atoms with van der Waals surface area (Å²) in [5, 5.41) is 9.17. The third-order valence-corrected chi connectivity index (χ3v) is 3.28. The number of aliphatic hydroxyl groups is 1. The van der Waals surface area contributed by atoms with Gasteiger partial charge in [0.15, 0.2) is 0 Å². The van der Waals surface area contributed by atoms with E-state index in [9.17, 15) is 22.7 Å². The smallest absolute Gasteiger partial charge is 0.394 e. The van der Waals surface area contributed by atoms with Crippen molar-refractivity contribution in [1.82, 2.24) is 0 Å². The monoisotopic (exact) mass is 359 g/mol. The van der Waals surface area contributed by atoms with Crippen LogP contribution in [0.3, 0.4) is 0 Å². The first-order chi connectivity index (χ1) is 9.08. The molecule has 0 heterocycles. The first-order valence-electron chi connectivity index (χ1n) is 5.61. The summed E-state index contributed by atoms with van der Waals surface area (Å²) in [6.07, 6.45) is -5.95. The molecule has 0 saturated heterocycles. The minimum atomic E-state index is -4.56. The molecule has 0 bridgehead atoms. The van der Waals surface area contributed by atoms with Gasteiger partial charge in [0.1, 0.15) is 18.5 Å². The molecule has 20 heavy (non-hydrogen) atoms. The van der Waals surface area contributed by atoms with E-state index in [1.165, 1.54) is 19.1 Å². The average molecular weight is 360 g/mol. The van der Waals surface area contributed by atoms with Crippen LogP contribution in [0.15, 0.2) is 22.7 Å². The molecule has 1 aromatic rings. The molecule has 0 amide bonds. The number of benzene rings is 1. The van der Waals surface area contributed by atoms with E-state index in [0.717, 1.165) is 6.07 Å². The summed E-state index contributed by atoms with van der Waals surface area (Å²) in [5.41, 5.74) is 4.21. The molecule has 2 atom stereocenters. The van der Waals surface area contributed by atoms with E-state index in [0.29, 0.717) is 4.47 Å². The maximum atomic E-state index is 13.8. The van der Waals surface area contributed by atoms with Gasteiger partial charge in [-0.25, -0.2) is 4.39 Å². The van der Waals surface area contributed by atoms with Crippen LogP contribution in [0.25, 0.3) is 0 Å². The Bertz CT molecular complexity index is 465. The summed E-state index contributed by atoms with van der Waals surface area (Å²) in [5.74, 6) is -0.688. The second kappa shape index (κ2) is 6.38. The molecule has 1 rings (SSSR count). The lowest BCUT2D eigenvalue weighted by Gasteiger charge is -2.34. The zero-order valence-corrected chi connectivity index (χ0v) is 12.1. The van der Waals surface area contributed by atoms with Crippen molar-refractivity contribution in [1.29, 1.82) is 0 Å². The Balaban J connectivity index is 3.02. The number of alkyl halides is 3. The van der Waals surface area contributed by atoms with E-state index in [1.54, 1.807) is 0 Å². The Labute approximate surface area is 121 Å². The lowest BCUT2D eigenvalue weighted by Crippen LogP contribution is -2.50. The first kappa shape index (κ1) is 17.4. The zero-order valence-electron chi connectivity index (χ0n) is 10.5. The summed E-state index contributed by atoms with van der Waals surface area (Å²) < 4.78 is 55.3. The highest BCUT2D eigenvalue weighted by Crippen LogP contribution is 2.30. The lowest BCUT2D eigenvalue weighted by molar-refractivity contribution is -0.196. The molecule has 3 N–H and O–H groups in total. The SMILES string of the molecule is C[C@@](N)(c1cc(Br)ccc1F)[C@H](CO)OCC(F)(F)F. The molecule has 0 aliphatic heterocycles. The summed E-state index contributed by atoms with van der Waals surface area (Å²) in [4.78, 5) is 0. The molecule has 0 aliphatic rings. The molecule has 1 aromatic carbocycles. The summed E-state index contributed by atoms with van der Waals surface area (Å²) in [6.45, 7) is -1.04. The minimum absolute atomic E-state index is 0.0481. The Kier molecular flexibility index (Phi) is 5.54. The van der Waals surface area contributed by atoms with Gasteiger partial charge in [0.05, 0.1) is 12.1 Å². The van der Waals surface area contributed by atoms with Crippen LogP contribution in [0, 0.1) is 5.82 Å². The van der Waals surface area contributed by atoms with Gasteiger partial charge in [0, 0.05) is 10.0 Å². The summed E-state index contributed by atoms with van der Waals surface area (Å²) >= 11 is 3.13. The molecule has 0 saturated carbocycles. The maximum Gasteiger partial charge on any atom is 0.411 e. The van der Waals surface area contributed by atoms with Crippen molar-refractivity contribution in [3.63, 3.8) is 0 Å². The van der Waals surface area contributed by atoms with Crippen LogP contribution in [-0.4, -0.2) is 30.6 Å². The van der Waals surface area contributed by atoms with E-state index >= 15 is 0 Å². The number of halogens is 5. The van der Waals surface area contributed by atoms with Gasteiger partial charge >= 0.3 is 6.18 Å². The Hall–Kier alpha value is -0.700. The van der Waals surface area contributed by atoms with Crippen molar-refractivity contribution < 1.29 is 27.4 Å². The fourth-order valence-electron chi connectivity index (χ4n) is 1.69. The van der Waals surface area contributed by atoms with Gasteiger partial charge in [-0.15, -0.1) is 0 Å². The van der Waals surface area contributed by atoms with Gasteiger partial charge < -0.3 is 15.6 Å². The second-order valence-corrected chi connectivity index (χ2v) is 5.42. The number of hydrogen-bond acceptors (Lipinski definition) is 3. The molecule has 8 heteroatoms. The van der Waals surface area contributed by atoms with E-state index in [1.807, 2.05) is 0 Å². The average Bonchev–Trinajstić information content (AvgIpc) is 2.31. The van der Waals surface area contributed by atoms with Crippen LogP contribution in [0.5, 0.6) is 0 Å². The number of aliphatic hydroxyl groups excluding tert-OH is 1. The van der Waals surface area contributed by atoms with Crippen LogP contribution in [0.4, 0.5) is 17.6 Å². The minimum Gasteiger partial charge on any atom is -0.394 e. The fraction of sp³-hybridized carbons (Fsp3) is 0.500. The van der Waals surface area contributed by atoms with Crippen LogP contribution in [-0.2, 0) is 10.3 Å². The molecule has 0 spiro atoms. The highest BCUT2D eigenvalue weighted by atomic mass is 79.9. The van der Waals surface area contributed by atoms with Crippen molar-refractivity contribution in [2.24, 2.45) is 5.73 Å². The molecule has 0 aromatic heterocycles. The van der Waals surface area contributed by atoms with E-state index in [4.69, 9.17) is 5.73 Å². The van der Waals surface area contributed by atoms with Gasteiger partial charge in [-0.2, -0.15) is 13.2 Å². The summed E-state index contributed by atoms with van der Waals surface area (Å²) in [6, 6.07) is 3.90. The third kappa shape index (κ3) is 4.41. The standard InChI is InChI=1S/C12H14BrF4NO2/c1-11(18,8-4-7(13)2-3-9(8)14)10(5-19)20-6-12(15,16)17/h2-4,10,19H,5-6,18H2,1H3/t10-,11+/m0/s1. The largest absolute Gasteiger partial charge is 0.411 e. The lowest BCUT2D eigenvalue weighted by atomic mass is 9.87. The highest BCUT2D eigenvalue weighted by molar-refractivity contribution is 9.10. The molecule has 3 nitrogen and oxygen atoms in total. The Morgan fingerprint density at radius 2 is 2.00 bits per heavy atom. The second-order valence-electron chi connectivity index (χ2n) is 4.50. The van der Waals surface area contributed by atoms with Gasteiger partial charge in [-0.05, 0) is 25.1 Å². The van der Waals surface area contributed by atoms with Crippen molar-refractivity contribution >= 4 is 15.9 Å². The zero-order chi connectivity index (χ0) is 15.6. The van der Waals surface area contributed by atoms with Crippen molar-refractivity contribution in [2.75, 3.05) is 13.2 Å². The van der Waals surface area contributed by atoms with Gasteiger partial charge in [0.25, 0.3) is 0 Å². The Morgan fingerprint density at radius 3 is 2.50 bits per heavy atom. The topological polar surface area (TPSA) is 55.5 Å². The molecule has 114 valence electrons. The van der Waals surface area contributed by atoms with E-state index in [2.05, 4.69) is 20.7 Å². The molecular weight excluding hydrogens is 346 g/mol. The van der Waals surface area contributed by atoms with Crippen LogP contribution in [0.1, 0.15) is 12.5 Å². The van der Waals surface area contributed by atoms with Gasteiger partial charge in [-0.1, -0.05) is 15.9 Å². The number of hydrogen-bond donors (Lipinski definition) is 2.